The number of pyridine rings is 1. The van der Waals surface area contributed by atoms with Crippen LogP contribution in [0.15, 0.2) is 67.0 Å². The maximum atomic E-state index is 12.6. The summed E-state index contributed by atoms with van der Waals surface area (Å²) in [5.41, 5.74) is 2.40. The van der Waals surface area contributed by atoms with Crippen molar-refractivity contribution in [2.24, 2.45) is 5.92 Å². The standard InChI is InChI=1S/C22H23N3O/c26-22(24-15-20-8-3-7-19-6-1-2-9-21(19)20)25-12-10-18(16-25)13-17-5-4-11-23-14-17/h1-9,11,14,18H,10,12-13,15-16H2,(H,24,26). The van der Waals surface area contributed by atoms with Gasteiger partial charge in [0.1, 0.15) is 0 Å². The Morgan fingerprint density at radius 1 is 1.12 bits per heavy atom. The normalized spacial score (nSPS) is 16.8. The number of carbonyl (C=O) groups is 1. The first-order valence-corrected chi connectivity index (χ1v) is 9.18. The molecule has 0 radical (unpaired) electrons. The monoisotopic (exact) mass is 345 g/mol. The van der Waals surface area contributed by atoms with Crippen LogP contribution in [-0.4, -0.2) is 29.0 Å². The lowest BCUT2D eigenvalue weighted by Crippen LogP contribution is -2.38. The molecule has 1 saturated heterocycles. The lowest BCUT2D eigenvalue weighted by molar-refractivity contribution is 0.206. The molecule has 1 unspecified atom stereocenters. The van der Waals surface area contributed by atoms with Crippen LogP contribution in [0.5, 0.6) is 0 Å². The zero-order valence-electron chi connectivity index (χ0n) is 14.8. The molecule has 0 spiro atoms. The molecule has 4 nitrogen and oxygen atoms in total. The predicted octanol–water partition coefficient (Wildman–Crippen LogP) is 4.01. The lowest BCUT2D eigenvalue weighted by Gasteiger charge is -2.18. The molecule has 0 bridgehead atoms. The molecule has 2 aromatic carbocycles. The molecular weight excluding hydrogens is 322 g/mol. The Morgan fingerprint density at radius 2 is 2.00 bits per heavy atom. The van der Waals surface area contributed by atoms with Gasteiger partial charge in [-0.3, -0.25) is 4.98 Å². The summed E-state index contributed by atoms with van der Waals surface area (Å²) in [7, 11) is 0. The summed E-state index contributed by atoms with van der Waals surface area (Å²) in [6.07, 6.45) is 5.76. The Morgan fingerprint density at radius 3 is 2.88 bits per heavy atom. The smallest absolute Gasteiger partial charge is 0.317 e. The van der Waals surface area contributed by atoms with Crippen LogP contribution in [0.3, 0.4) is 0 Å². The van der Waals surface area contributed by atoms with E-state index in [9.17, 15) is 4.79 Å². The number of rotatable bonds is 4. The van der Waals surface area contributed by atoms with Gasteiger partial charge >= 0.3 is 6.03 Å². The van der Waals surface area contributed by atoms with Crippen LogP contribution in [0.4, 0.5) is 4.79 Å². The number of benzene rings is 2. The minimum atomic E-state index is 0.0339. The Hall–Kier alpha value is -2.88. The van der Waals surface area contributed by atoms with Gasteiger partial charge in [-0.2, -0.15) is 0 Å². The predicted molar refractivity (Wildman–Crippen MR) is 104 cm³/mol. The highest BCUT2D eigenvalue weighted by atomic mass is 16.2. The summed E-state index contributed by atoms with van der Waals surface area (Å²) in [6, 6.07) is 18.6. The van der Waals surface area contributed by atoms with E-state index in [1.807, 2.05) is 35.4 Å². The maximum absolute atomic E-state index is 12.6. The van der Waals surface area contributed by atoms with Crippen molar-refractivity contribution in [3.8, 4) is 0 Å². The molecule has 1 aliphatic heterocycles. The number of likely N-dealkylation sites (tertiary alicyclic amines) is 1. The van der Waals surface area contributed by atoms with E-state index in [0.717, 1.165) is 31.5 Å². The average Bonchev–Trinajstić information content (AvgIpc) is 3.15. The van der Waals surface area contributed by atoms with Crippen LogP contribution >= 0.6 is 0 Å². The molecule has 2 heterocycles. The van der Waals surface area contributed by atoms with Gasteiger partial charge in [0, 0.05) is 32.0 Å². The van der Waals surface area contributed by atoms with Crippen molar-refractivity contribution in [3.05, 3.63) is 78.1 Å². The SMILES string of the molecule is O=C(NCc1cccc2ccccc12)N1CCC(Cc2cccnc2)C1. The first kappa shape index (κ1) is 16.6. The molecule has 2 amide bonds. The van der Waals surface area contributed by atoms with Crippen molar-refractivity contribution in [2.45, 2.75) is 19.4 Å². The van der Waals surface area contributed by atoms with Crippen LogP contribution in [0, 0.1) is 5.92 Å². The van der Waals surface area contributed by atoms with Crippen LogP contribution < -0.4 is 5.32 Å². The molecule has 1 fully saturated rings. The number of amides is 2. The zero-order valence-corrected chi connectivity index (χ0v) is 14.8. The number of nitrogens with zero attached hydrogens (tertiary/aromatic N) is 2. The van der Waals surface area contributed by atoms with Gasteiger partial charge in [-0.1, -0.05) is 48.5 Å². The molecule has 132 valence electrons. The second-order valence-corrected chi connectivity index (χ2v) is 6.96. The van der Waals surface area contributed by atoms with E-state index in [1.165, 1.54) is 16.3 Å². The van der Waals surface area contributed by atoms with Crippen molar-refractivity contribution >= 4 is 16.8 Å². The fourth-order valence-electron chi connectivity index (χ4n) is 3.77. The number of urea groups is 1. The topological polar surface area (TPSA) is 45.2 Å². The first-order valence-electron chi connectivity index (χ1n) is 9.18. The lowest BCUT2D eigenvalue weighted by atomic mass is 10.0. The number of hydrogen-bond acceptors (Lipinski definition) is 2. The molecule has 1 aliphatic rings. The molecular formula is C22H23N3O. The Labute approximate surface area is 153 Å². The number of aromatic nitrogens is 1. The largest absolute Gasteiger partial charge is 0.334 e. The van der Waals surface area contributed by atoms with Gasteiger partial charge in [-0.15, -0.1) is 0 Å². The number of hydrogen-bond donors (Lipinski definition) is 1. The summed E-state index contributed by atoms with van der Waals surface area (Å²) >= 11 is 0. The van der Waals surface area contributed by atoms with Crippen LogP contribution in [0.1, 0.15) is 17.5 Å². The number of fused-ring (bicyclic) bond motifs is 1. The molecule has 1 N–H and O–H groups in total. The van der Waals surface area contributed by atoms with Crippen molar-refractivity contribution in [3.63, 3.8) is 0 Å². The minimum absolute atomic E-state index is 0.0339. The van der Waals surface area contributed by atoms with E-state index in [2.05, 4.69) is 40.6 Å². The summed E-state index contributed by atoms with van der Waals surface area (Å²) in [5.74, 6) is 0.516. The third-order valence-corrected chi connectivity index (χ3v) is 5.13. The fraction of sp³-hybridized carbons (Fsp3) is 0.273. The van der Waals surface area contributed by atoms with E-state index in [0.29, 0.717) is 12.5 Å². The highest BCUT2D eigenvalue weighted by molar-refractivity contribution is 5.86. The highest BCUT2D eigenvalue weighted by Crippen LogP contribution is 2.21. The Balaban J connectivity index is 1.34. The van der Waals surface area contributed by atoms with Crippen molar-refractivity contribution in [2.75, 3.05) is 13.1 Å². The second kappa shape index (κ2) is 7.56. The van der Waals surface area contributed by atoms with Gasteiger partial charge < -0.3 is 10.2 Å². The van der Waals surface area contributed by atoms with E-state index in [1.54, 1.807) is 6.20 Å². The van der Waals surface area contributed by atoms with Gasteiger partial charge in [-0.05, 0) is 46.7 Å². The number of carbonyl (C=O) groups excluding carboxylic acids is 1. The molecule has 4 heteroatoms. The van der Waals surface area contributed by atoms with E-state index < -0.39 is 0 Å². The third-order valence-electron chi connectivity index (χ3n) is 5.13. The van der Waals surface area contributed by atoms with Gasteiger partial charge in [0.05, 0.1) is 0 Å². The van der Waals surface area contributed by atoms with E-state index in [4.69, 9.17) is 0 Å². The van der Waals surface area contributed by atoms with Crippen molar-refractivity contribution < 1.29 is 4.79 Å². The summed E-state index contributed by atoms with van der Waals surface area (Å²) < 4.78 is 0. The van der Waals surface area contributed by atoms with Gasteiger partial charge in [-0.25, -0.2) is 4.79 Å². The van der Waals surface area contributed by atoms with Gasteiger partial charge in [0.15, 0.2) is 0 Å². The van der Waals surface area contributed by atoms with E-state index in [-0.39, 0.29) is 6.03 Å². The third kappa shape index (κ3) is 3.69. The Bertz CT molecular complexity index is 889. The molecule has 0 saturated carbocycles. The quantitative estimate of drug-likeness (QED) is 0.776. The molecule has 1 aromatic heterocycles. The zero-order chi connectivity index (χ0) is 17.8. The highest BCUT2D eigenvalue weighted by Gasteiger charge is 2.26. The summed E-state index contributed by atoms with van der Waals surface area (Å²) in [6.45, 7) is 2.20. The summed E-state index contributed by atoms with van der Waals surface area (Å²) in [4.78, 5) is 18.7. The van der Waals surface area contributed by atoms with Gasteiger partial charge in [0.25, 0.3) is 0 Å². The molecule has 4 rings (SSSR count). The van der Waals surface area contributed by atoms with E-state index >= 15 is 0 Å². The van der Waals surface area contributed by atoms with Crippen molar-refractivity contribution in [1.29, 1.82) is 0 Å². The molecule has 3 aromatic rings. The van der Waals surface area contributed by atoms with Crippen LogP contribution in [0.2, 0.25) is 0 Å². The number of nitrogens with one attached hydrogen (secondary N) is 1. The summed E-state index contributed by atoms with van der Waals surface area (Å²) in [5, 5.41) is 5.50. The minimum Gasteiger partial charge on any atom is -0.334 e. The van der Waals surface area contributed by atoms with Gasteiger partial charge in [0.2, 0.25) is 0 Å². The Kier molecular flexibility index (Phi) is 4.82. The molecule has 0 aliphatic carbocycles. The van der Waals surface area contributed by atoms with Crippen LogP contribution in [0.25, 0.3) is 10.8 Å². The maximum Gasteiger partial charge on any atom is 0.317 e. The molecule has 26 heavy (non-hydrogen) atoms. The second-order valence-electron chi connectivity index (χ2n) is 6.96. The first-order chi connectivity index (χ1) is 12.8. The average molecular weight is 345 g/mol. The van der Waals surface area contributed by atoms with Crippen LogP contribution in [-0.2, 0) is 13.0 Å². The van der Waals surface area contributed by atoms with Crippen molar-refractivity contribution in [1.82, 2.24) is 15.2 Å². The molecule has 1 atom stereocenters. The fourth-order valence-corrected chi connectivity index (χ4v) is 3.77.